The zero-order valence-electron chi connectivity index (χ0n) is 14.4. The van der Waals surface area contributed by atoms with Gasteiger partial charge in [0.05, 0.1) is 27.4 Å². The molecule has 2 rings (SSSR count). The number of carbonyl (C=O) groups is 1. The Balaban J connectivity index is 2.11. The number of nitriles is 1. The monoisotopic (exact) mass is 340 g/mol. The van der Waals surface area contributed by atoms with E-state index < -0.39 is 5.92 Å². The van der Waals surface area contributed by atoms with E-state index in [-0.39, 0.29) is 12.3 Å². The molecule has 0 aliphatic rings. The summed E-state index contributed by atoms with van der Waals surface area (Å²) < 4.78 is 15.6. The molecule has 2 aromatic carbocycles. The predicted octanol–water partition coefficient (Wildman–Crippen LogP) is 3.03. The van der Waals surface area contributed by atoms with Gasteiger partial charge >= 0.3 is 0 Å². The second-order valence-corrected chi connectivity index (χ2v) is 5.28. The molecule has 0 saturated carbocycles. The second-order valence-electron chi connectivity index (χ2n) is 5.28. The van der Waals surface area contributed by atoms with Gasteiger partial charge in [0.2, 0.25) is 5.91 Å². The van der Waals surface area contributed by atoms with Gasteiger partial charge in [-0.3, -0.25) is 4.79 Å². The van der Waals surface area contributed by atoms with Crippen LogP contribution in [0.2, 0.25) is 0 Å². The fraction of sp³-hybridized carbons (Fsp3) is 0.263. The van der Waals surface area contributed by atoms with Gasteiger partial charge in [-0.25, -0.2) is 0 Å². The smallest absolute Gasteiger partial charge is 0.242 e. The minimum atomic E-state index is -0.843. The molecule has 0 aromatic heterocycles. The van der Waals surface area contributed by atoms with Gasteiger partial charge in [0.25, 0.3) is 0 Å². The Labute approximate surface area is 146 Å². The summed E-state index contributed by atoms with van der Waals surface area (Å²) >= 11 is 0. The van der Waals surface area contributed by atoms with E-state index >= 15 is 0 Å². The highest BCUT2D eigenvalue weighted by atomic mass is 16.5. The number of benzene rings is 2. The number of methoxy groups -OCH3 is 3. The van der Waals surface area contributed by atoms with E-state index in [1.54, 1.807) is 56.7 Å². The van der Waals surface area contributed by atoms with Crippen LogP contribution >= 0.6 is 0 Å². The molecule has 1 unspecified atom stereocenters. The van der Waals surface area contributed by atoms with E-state index in [1.165, 1.54) is 7.11 Å². The van der Waals surface area contributed by atoms with E-state index in [1.807, 2.05) is 6.07 Å². The number of hydrogen-bond acceptors (Lipinski definition) is 5. The second kappa shape index (κ2) is 8.60. The lowest BCUT2D eigenvalue weighted by Gasteiger charge is -2.14. The summed E-state index contributed by atoms with van der Waals surface area (Å²) in [6.07, 6.45) is 0.242. The Hall–Kier alpha value is -3.20. The minimum Gasteiger partial charge on any atom is -0.497 e. The van der Waals surface area contributed by atoms with Gasteiger partial charge in [0.15, 0.2) is 0 Å². The van der Waals surface area contributed by atoms with Crippen LogP contribution in [0.25, 0.3) is 0 Å². The van der Waals surface area contributed by atoms with Crippen molar-refractivity contribution in [2.45, 2.75) is 6.42 Å². The van der Waals surface area contributed by atoms with Crippen molar-refractivity contribution in [2.24, 2.45) is 5.92 Å². The highest BCUT2D eigenvalue weighted by molar-refractivity contribution is 5.94. The summed E-state index contributed by atoms with van der Waals surface area (Å²) in [5.41, 5.74) is 1.37. The topological polar surface area (TPSA) is 80.6 Å². The predicted molar refractivity (Wildman–Crippen MR) is 94.0 cm³/mol. The van der Waals surface area contributed by atoms with Crippen LogP contribution in [0.5, 0.6) is 17.2 Å². The SMILES string of the molecule is COc1ccc(NC(=O)C(C#N)Cc2ccc(OC)cc2OC)cc1. The first kappa shape index (κ1) is 18.1. The van der Waals surface area contributed by atoms with Crippen LogP contribution in [0.4, 0.5) is 5.69 Å². The lowest BCUT2D eigenvalue weighted by molar-refractivity contribution is -0.118. The number of amides is 1. The number of rotatable bonds is 7. The van der Waals surface area contributed by atoms with Crippen molar-refractivity contribution >= 4 is 11.6 Å². The largest absolute Gasteiger partial charge is 0.497 e. The van der Waals surface area contributed by atoms with Gasteiger partial charge in [0, 0.05) is 18.2 Å². The van der Waals surface area contributed by atoms with Crippen molar-refractivity contribution in [3.05, 3.63) is 48.0 Å². The van der Waals surface area contributed by atoms with E-state index in [0.717, 1.165) is 5.56 Å². The van der Waals surface area contributed by atoms with Gasteiger partial charge < -0.3 is 19.5 Å². The summed E-state index contributed by atoms with van der Waals surface area (Å²) in [5.74, 6) is 0.710. The van der Waals surface area contributed by atoms with Gasteiger partial charge in [-0.05, 0) is 35.9 Å². The maximum atomic E-state index is 12.4. The number of carbonyl (C=O) groups excluding carboxylic acids is 1. The Morgan fingerprint density at radius 3 is 2.24 bits per heavy atom. The third kappa shape index (κ3) is 4.64. The average molecular weight is 340 g/mol. The van der Waals surface area contributed by atoms with Crippen LogP contribution in [-0.2, 0) is 11.2 Å². The molecule has 6 heteroatoms. The highest BCUT2D eigenvalue weighted by Gasteiger charge is 2.21. The molecule has 1 N–H and O–H groups in total. The molecule has 0 heterocycles. The average Bonchev–Trinajstić information content (AvgIpc) is 2.66. The zero-order chi connectivity index (χ0) is 18.2. The van der Waals surface area contributed by atoms with Crippen molar-refractivity contribution in [3.8, 4) is 23.3 Å². The third-order valence-corrected chi connectivity index (χ3v) is 3.75. The number of nitrogens with zero attached hydrogens (tertiary/aromatic N) is 1. The number of anilines is 1. The van der Waals surface area contributed by atoms with E-state index in [9.17, 15) is 10.1 Å². The van der Waals surface area contributed by atoms with Crippen LogP contribution < -0.4 is 19.5 Å². The Bertz CT molecular complexity index is 766. The number of ether oxygens (including phenoxy) is 3. The fourth-order valence-corrected chi connectivity index (χ4v) is 2.34. The van der Waals surface area contributed by atoms with Crippen molar-refractivity contribution < 1.29 is 19.0 Å². The summed E-state index contributed by atoms with van der Waals surface area (Å²) in [6, 6.07) is 14.3. The molecule has 0 fully saturated rings. The molecule has 0 saturated heterocycles. The maximum absolute atomic E-state index is 12.4. The summed E-state index contributed by atoms with van der Waals surface area (Å²) in [5, 5.41) is 12.1. The van der Waals surface area contributed by atoms with Crippen molar-refractivity contribution in [2.75, 3.05) is 26.6 Å². The fourth-order valence-electron chi connectivity index (χ4n) is 2.34. The molecule has 1 amide bonds. The van der Waals surface area contributed by atoms with Gasteiger partial charge in [0.1, 0.15) is 23.2 Å². The maximum Gasteiger partial charge on any atom is 0.242 e. The first-order valence-electron chi connectivity index (χ1n) is 7.66. The van der Waals surface area contributed by atoms with Gasteiger partial charge in [-0.2, -0.15) is 5.26 Å². The Kier molecular flexibility index (Phi) is 6.24. The Morgan fingerprint density at radius 1 is 1.04 bits per heavy atom. The quantitative estimate of drug-likeness (QED) is 0.838. The van der Waals surface area contributed by atoms with Crippen LogP contribution in [-0.4, -0.2) is 27.2 Å². The van der Waals surface area contributed by atoms with Crippen LogP contribution in [0, 0.1) is 17.2 Å². The lowest BCUT2D eigenvalue weighted by Crippen LogP contribution is -2.23. The summed E-state index contributed by atoms with van der Waals surface area (Å²) in [4.78, 5) is 12.4. The lowest BCUT2D eigenvalue weighted by atomic mass is 9.98. The molecule has 130 valence electrons. The summed E-state index contributed by atoms with van der Waals surface area (Å²) in [6.45, 7) is 0. The molecule has 25 heavy (non-hydrogen) atoms. The molecule has 0 aliphatic heterocycles. The molecule has 0 aliphatic carbocycles. The van der Waals surface area contributed by atoms with E-state index in [0.29, 0.717) is 22.9 Å². The van der Waals surface area contributed by atoms with Gasteiger partial charge in [-0.1, -0.05) is 6.07 Å². The molecule has 6 nitrogen and oxygen atoms in total. The van der Waals surface area contributed by atoms with Gasteiger partial charge in [-0.15, -0.1) is 0 Å². The number of nitrogens with one attached hydrogen (secondary N) is 1. The standard InChI is InChI=1S/C19H20N2O4/c1-23-16-8-5-15(6-9-16)21-19(22)14(12-20)10-13-4-7-17(24-2)11-18(13)25-3/h4-9,11,14H,10H2,1-3H3,(H,21,22). The number of hydrogen-bond donors (Lipinski definition) is 1. The van der Waals surface area contributed by atoms with E-state index in [2.05, 4.69) is 5.32 Å². The zero-order valence-corrected chi connectivity index (χ0v) is 14.4. The molecular weight excluding hydrogens is 320 g/mol. The van der Waals surface area contributed by atoms with Crippen molar-refractivity contribution in [1.29, 1.82) is 5.26 Å². The summed E-state index contributed by atoms with van der Waals surface area (Å²) in [7, 11) is 4.67. The van der Waals surface area contributed by atoms with Crippen LogP contribution in [0.3, 0.4) is 0 Å². The molecule has 0 radical (unpaired) electrons. The molecule has 0 spiro atoms. The van der Waals surface area contributed by atoms with Crippen molar-refractivity contribution in [3.63, 3.8) is 0 Å². The van der Waals surface area contributed by atoms with E-state index in [4.69, 9.17) is 14.2 Å². The van der Waals surface area contributed by atoms with Crippen molar-refractivity contribution in [1.82, 2.24) is 0 Å². The Morgan fingerprint density at radius 2 is 1.68 bits per heavy atom. The highest BCUT2D eigenvalue weighted by Crippen LogP contribution is 2.27. The first-order chi connectivity index (χ1) is 12.1. The minimum absolute atomic E-state index is 0.242. The molecule has 0 bridgehead atoms. The molecule has 2 aromatic rings. The third-order valence-electron chi connectivity index (χ3n) is 3.75. The van der Waals surface area contributed by atoms with Crippen LogP contribution in [0.15, 0.2) is 42.5 Å². The normalized spacial score (nSPS) is 11.1. The molecular formula is C19H20N2O4. The first-order valence-corrected chi connectivity index (χ1v) is 7.66. The molecule has 1 atom stereocenters. The van der Waals surface area contributed by atoms with Crippen LogP contribution in [0.1, 0.15) is 5.56 Å².